The number of carbonyl (C=O) groups is 1. The first kappa shape index (κ1) is 13.2. The fraction of sp³-hybridized carbons (Fsp3) is 0.769. The van der Waals surface area contributed by atoms with E-state index in [1.165, 1.54) is 5.57 Å². The Morgan fingerprint density at radius 3 is 2.75 bits per heavy atom. The topological polar surface area (TPSA) is 40.5 Å². The molecular weight excluding hydrogens is 202 g/mol. The highest BCUT2D eigenvalue weighted by molar-refractivity contribution is 5.69. The van der Waals surface area contributed by atoms with E-state index in [1.54, 1.807) is 6.92 Å². The van der Waals surface area contributed by atoms with Gasteiger partial charge in [0.2, 0.25) is 0 Å². The molecule has 0 fully saturated rings. The molecule has 0 spiro atoms. The van der Waals surface area contributed by atoms with E-state index in [-0.39, 0.29) is 5.92 Å². The van der Waals surface area contributed by atoms with Gasteiger partial charge < -0.3 is 5.11 Å². The van der Waals surface area contributed by atoms with Gasteiger partial charge in [-0.15, -0.1) is 0 Å². The molecule has 0 bridgehead atoms. The van der Waals surface area contributed by atoms with Crippen LogP contribution in [-0.4, -0.2) is 35.1 Å². The van der Waals surface area contributed by atoms with Crippen molar-refractivity contribution in [2.24, 2.45) is 5.92 Å². The summed E-state index contributed by atoms with van der Waals surface area (Å²) in [6, 6.07) is 0.584. The van der Waals surface area contributed by atoms with E-state index < -0.39 is 5.97 Å². The Hall–Kier alpha value is -0.830. The molecule has 0 aromatic carbocycles. The molecule has 92 valence electrons. The van der Waals surface area contributed by atoms with Gasteiger partial charge in [-0.1, -0.05) is 18.6 Å². The molecule has 3 heteroatoms. The van der Waals surface area contributed by atoms with E-state index in [1.807, 2.05) is 0 Å². The van der Waals surface area contributed by atoms with Crippen LogP contribution in [0.2, 0.25) is 0 Å². The zero-order valence-corrected chi connectivity index (χ0v) is 10.6. The van der Waals surface area contributed by atoms with Crippen molar-refractivity contribution in [2.45, 2.75) is 46.1 Å². The molecule has 1 rings (SSSR count). The average Bonchev–Trinajstić information content (AvgIpc) is 2.26. The van der Waals surface area contributed by atoms with Crippen molar-refractivity contribution >= 4 is 5.97 Å². The van der Waals surface area contributed by atoms with Crippen molar-refractivity contribution < 1.29 is 9.90 Å². The molecule has 1 aliphatic heterocycles. The molecule has 16 heavy (non-hydrogen) atoms. The zero-order chi connectivity index (χ0) is 12.1. The van der Waals surface area contributed by atoms with Crippen molar-refractivity contribution in [1.29, 1.82) is 0 Å². The predicted octanol–water partition coefficient (Wildman–Crippen LogP) is 2.53. The summed E-state index contributed by atoms with van der Waals surface area (Å²) in [6.45, 7) is 8.36. The lowest BCUT2D eigenvalue weighted by molar-refractivity contribution is -0.141. The highest BCUT2D eigenvalue weighted by atomic mass is 16.4. The summed E-state index contributed by atoms with van der Waals surface area (Å²) in [5, 5.41) is 8.82. The van der Waals surface area contributed by atoms with Gasteiger partial charge in [-0.2, -0.15) is 0 Å². The molecular formula is C13H23NO2. The SMILES string of the molecule is CC(CCC1=CCCN(C(C)C)C1)C(=O)O. The maximum atomic E-state index is 10.7. The van der Waals surface area contributed by atoms with Crippen LogP contribution in [-0.2, 0) is 4.79 Å². The summed E-state index contributed by atoms with van der Waals surface area (Å²) in [6.07, 6.45) is 5.08. The molecule has 1 unspecified atom stereocenters. The molecule has 1 heterocycles. The minimum atomic E-state index is -0.683. The number of hydrogen-bond acceptors (Lipinski definition) is 2. The minimum absolute atomic E-state index is 0.227. The Morgan fingerprint density at radius 2 is 2.19 bits per heavy atom. The second-order valence-electron chi connectivity index (χ2n) is 4.99. The van der Waals surface area contributed by atoms with Crippen LogP contribution in [0.15, 0.2) is 11.6 Å². The smallest absolute Gasteiger partial charge is 0.306 e. The zero-order valence-electron chi connectivity index (χ0n) is 10.6. The highest BCUT2D eigenvalue weighted by Gasteiger charge is 2.17. The summed E-state index contributed by atoms with van der Waals surface area (Å²) < 4.78 is 0. The number of nitrogens with zero attached hydrogens (tertiary/aromatic N) is 1. The Kier molecular flexibility index (Phi) is 5.00. The maximum absolute atomic E-state index is 10.7. The monoisotopic (exact) mass is 225 g/mol. The number of carboxylic acids is 1. The Bertz CT molecular complexity index is 271. The first-order valence-electron chi connectivity index (χ1n) is 6.15. The van der Waals surface area contributed by atoms with Crippen molar-refractivity contribution in [3.63, 3.8) is 0 Å². The third-order valence-electron chi connectivity index (χ3n) is 3.31. The molecule has 1 atom stereocenters. The van der Waals surface area contributed by atoms with Crippen molar-refractivity contribution in [2.75, 3.05) is 13.1 Å². The summed E-state index contributed by atoms with van der Waals surface area (Å²) in [7, 11) is 0. The van der Waals surface area contributed by atoms with Crippen LogP contribution < -0.4 is 0 Å². The van der Waals surface area contributed by atoms with Crippen LogP contribution in [0.25, 0.3) is 0 Å². The van der Waals surface area contributed by atoms with Crippen LogP contribution in [0.5, 0.6) is 0 Å². The maximum Gasteiger partial charge on any atom is 0.306 e. The molecule has 0 radical (unpaired) electrons. The third kappa shape index (κ3) is 3.97. The average molecular weight is 225 g/mol. The molecule has 0 aromatic rings. The molecule has 0 amide bonds. The number of aliphatic carboxylic acids is 1. The molecule has 0 saturated carbocycles. The Balaban J connectivity index is 2.38. The lowest BCUT2D eigenvalue weighted by atomic mass is 9.98. The summed E-state index contributed by atoms with van der Waals surface area (Å²) in [5.74, 6) is -0.910. The Morgan fingerprint density at radius 1 is 1.50 bits per heavy atom. The molecule has 0 saturated heterocycles. The van der Waals surface area contributed by atoms with E-state index in [0.29, 0.717) is 6.04 Å². The molecule has 0 aromatic heterocycles. The van der Waals surface area contributed by atoms with Gasteiger partial charge in [0, 0.05) is 19.1 Å². The fourth-order valence-corrected chi connectivity index (χ4v) is 1.99. The minimum Gasteiger partial charge on any atom is -0.481 e. The summed E-state index contributed by atoms with van der Waals surface area (Å²) in [5.41, 5.74) is 1.41. The van der Waals surface area contributed by atoms with E-state index in [9.17, 15) is 4.79 Å². The summed E-state index contributed by atoms with van der Waals surface area (Å²) in [4.78, 5) is 13.2. The van der Waals surface area contributed by atoms with Gasteiger partial charge in [0.1, 0.15) is 0 Å². The van der Waals surface area contributed by atoms with Gasteiger partial charge in [0.15, 0.2) is 0 Å². The molecule has 1 aliphatic rings. The predicted molar refractivity (Wildman–Crippen MR) is 65.4 cm³/mol. The summed E-state index contributed by atoms with van der Waals surface area (Å²) >= 11 is 0. The fourth-order valence-electron chi connectivity index (χ4n) is 1.99. The van der Waals surface area contributed by atoms with Gasteiger partial charge in [0.05, 0.1) is 5.92 Å². The van der Waals surface area contributed by atoms with Crippen LogP contribution in [0.4, 0.5) is 0 Å². The van der Waals surface area contributed by atoms with Crippen LogP contribution in [0.1, 0.15) is 40.0 Å². The first-order chi connectivity index (χ1) is 7.50. The van der Waals surface area contributed by atoms with Crippen molar-refractivity contribution in [3.8, 4) is 0 Å². The number of rotatable bonds is 5. The van der Waals surface area contributed by atoms with Crippen LogP contribution in [0, 0.1) is 5.92 Å². The lowest BCUT2D eigenvalue weighted by Crippen LogP contribution is -2.35. The first-order valence-corrected chi connectivity index (χ1v) is 6.15. The van der Waals surface area contributed by atoms with Gasteiger partial charge in [0.25, 0.3) is 0 Å². The van der Waals surface area contributed by atoms with E-state index in [0.717, 1.165) is 32.4 Å². The largest absolute Gasteiger partial charge is 0.481 e. The number of carboxylic acid groups (broad SMARTS) is 1. The molecule has 3 nitrogen and oxygen atoms in total. The molecule has 1 N–H and O–H groups in total. The van der Waals surface area contributed by atoms with Gasteiger partial charge in [-0.05, 0) is 33.1 Å². The molecule has 0 aliphatic carbocycles. The van der Waals surface area contributed by atoms with Crippen LogP contribution in [0.3, 0.4) is 0 Å². The Labute approximate surface area is 98.1 Å². The van der Waals surface area contributed by atoms with Crippen molar-refractivity contribution in [3.05, 3.63) is 11.6 Å². The second kappa shape index (κ2) is 6.04. The number of hydrogen-bond donors (Lipinski definition) is 1. The van der Waals surface area contributed by atoms with Crippen LogP contribution >= 0.6 is 0 Å². The van der Waals surface area contributed by atoms with Gasteiger partial charge in [-0.25, -0.2) is 0 Å². The quantitative estimate of drug-likeness (QED) is 0.731. The van der Waals surface area contributed by atoms with E-state index in [2.05, 4.69) is 24.8 Å². The third-order valence-corrected chi connectivity index (χ3v) is 3.31. The second-order valence-corrected chi connectivity index (χ2v) is 4.99. The van der Waals surface area contributed by atoms with Gasteiger partial charge >= 0.3 is 5.97 Å². The van der Waals surface area contributed by atoms with Crippen molar-refractivity contribution in [1.82, 2.24) is 4.90 Å². The normalized spacial score (nSPS) is 19.6. The van der Waals surface area contributed by atoms with E-state index >= 15 is 0 Å². The van der Waals surface area contributed by atoms with Gasteiger partial charge in [-0.3, -0.25) is 9.69 Å². The standard InChI is InChI=1S/C13H23NO2/c1-10(2)14-8-4-5-12(9-14)7-6-11(3)13(15)16/h5,10-11H,4,6-9H2,1-3H3,(H,15,16). The highest BCUT2D eigenvalue weighted by Crippen LogP contribution is 2.19. The van der Waals surface area contributed by atoms with E-state index in [4.69, 9.17) is 5.11 Å². The lowest BCUT2D eigenvalue weighted by Gasteiger charge is -2.30.